The van der Waals surface area contributed by atoms with Crippen LogP contribution in [0.1, 0.15) is 16.8 Å². The maximum atomic E-state index is 3.69. The Morgan fingerprint density at radius 3 is 1.98 bits per heavy atom. The summed E-state index contributed by atoms with van der Waals surface area (Å²) in [6, 6.07) is 43.4. The van der Waals surface area contributed by atoms with Crippen LogP contribution in [0, 0.1) is 0 Å². The molecule has 0 saturated carbocycles. The van der Waals surface area contributed by atoms with Gasteiger partial charge in [-0.05, 0) is 65.3 Å². The summed E-state index contributed by atoms with van der Waals surface area (Å²) in [6.45, 7) is 0. The molecular weight excluding hydrogens is 508 g/mol. The molecule has 7 aromatic rings. The van der Waals surface area contributed by atoms with E-state index in [4.69, 9.17) is 0 Å². The van der Waals surface area contributed by atoms with Gasteiger partial charge in [0.25, 0.3) is 0 Å². The third-order valence-electron chi connectivity index (χ3n) is 8.51. The van der Waals surface area contributed by atoms with Crippen LogP contribution in [0.15, 0.2) is 145 Å². The van der Waals surface area contributed by atoms with Crippen molar-refractivity contribution in [3.63, 3.8) is 0 Å². The highest BCUT2D eigenvalue weighted by atomic mass is 15.0. The molecule has 2 heterocycles. The molecule has 2 nitrogen and oxygen atoms in total. The molecule has 0 fully saturated rings. The Morgan fingerprint density at radius 2 is 1.17 bits per heavy atom. The lowest BCUT2D eigenvalue weighted by Crippen LogP contribution is -1.97. The fourth-order valence-corrected chi connectivity index (χ4v) is 6.56. The summed E-state index contributed by atoms with van der Waals surface area (Å²) in [4.78, 5) is 0. The number of hydrogen-bond donors (Lipinski definition) is 0. The second-order valence-electron chi connectivity index (χ2n) is 10.9. The van der Waals surface area contributed by atoms with Gasteiger partial charge in [-0.2, -0.15) is 0 Å². The van der Waals surface area contributed by atoms with Gasteiger partial charge in [-0.1, -0.05) is 96.7 Å². The summed E-state index contributed by atoms with van der Waals surface area (Å²) in [5.74, 6) is 0. The lowest BCUT2D eigenvalue weighted by Gasteiger charge is -2.11. The first-order valence-corrected chi connectivity index (χ1v) is 14.3. The smallest absolute Gasteiger partial charge is 0.0897 e. The number of rotatable bonds is 4. The first kappa shape index (κ1) is 23.0. The molecule has 0 atom stereocenters. The molecule has 0 saturated heterocycles. The summed E-state index contributed by atoms with van der Waals surface area (Å²) in [5, 5.41) is 3.74. The van der Waals surface area contributed by atoms with Crippen LogP contribution >= 0.6 is 0 Å². The van der Waals surface area contributed by atoms with Crippen LogP contribution in [0.5, 0.6) is 0 Å². The molecule has 9 rings (SSSR count). The summed E-state index contributed by atoms with van der Waals surface area (Å²) in [6.07, 6.45) is 8.55. The van der Waals surface area contributed by atoms with Gasteiger partial charge in [-0.3, -0.25) is 0 Å². The highest BCUT2D eigenvalue weighted by molar-refractivity contribution is 6.15. The molecule has 0 N–H and O–H groups in total. The van der Waals surface area contributed by atoms with E-state index < -0.39 is 0 Å². The molecule has 0 radical (unpaired) electrons. The first-order chi connectivity index (χ1) is 20.8. The van der Waals surface area contributed by atoms with E-state index in [1.165, 1.54) is 55.0 Å². The zero-order valence-electron chi connectivity index (χ0n) is 22.8. The normalized spacial score (nSPS) is 13.4. The highest BCUT2D eigenvalue weighted by Gasteiger charge is 2.22. The minimum atomic E-state index is 1.04. The molecule has 42 heavy (non-hydrogen) atoms. The molecule has 194 valence electrons. The summed E-state index contributed by atoms with van der Waals surface area (Å²) < 4.78 is 4.74. The number of hydrogen-bond acceptors (Lipinski definition) is 0. The maximum absolute atomic E-state index is 3.69. The Hall–Kier alpha value is -5.78. The van der Waals surface area contributed by atoms with Crippen molar-refractivity contribution in [1.29, 1.82) is 0 Å². The maximum Gasteiger partial charge on any atom is 0.0897 e. The Kier molecular flexibility index (Phi) is 4.85. The minimum Gasteiger partial charge on any atom is -0.309 e. The van der Waals surface area contributed by atoms with E-state index in [0.29, 0.717) is 0 Å². The van der Waals surface area contributed by atoms with Crippen LogP contribution in [0.2, 0.25) is 0 Å². The molecule has 2 aliphatic rings. The average Bonchev–Trinajstić information content (AvgIpc) is 3.84. The number of benzene rings is 5. The fraction of sp³-hybridized carbons (Fsp3) is 0. The number of nitrogens with zero attached hydrogens (tertiary/aromatic N) is 2. The average molecular weight is 533 g/mol. The van der Waals surface area contributed by atoms with E-state index in [2.05, 4.69) is 166 Å². The van der Waals surface area contributed by atoms with Crippen molar-refractivity contribution < 1.29 is 0 Å². The fourth-order valence-electron chi connectivity index (χ4n) is 6.56. The van der Waals surface area contributed by atoms with Gasteiger partial charge in [0.15, 0.2) is 0 Å². The van der Waals surface area contributed by atoms with E-state index >= 15 is 0 Å². The van der Waals surface area contributed by atoms with Crippen LogP contribution in [0.4, 0.5) is 0 Å². The molecule has 2 aliphatic carbocycles. The second kappa shape index (κ2) is 8.86. The summed E-state index contributed by atoms with van der Waals surface area (Å²) in [5.41, 5.74) is 19.9. The molecular formula is C40H24N2. The Morgan fingerprint density at radius 1 is 0.476 bits per heavy atom. The molecule has 0 bridgehead atoms. The number of allylic oxidation sites excluding steroid dienone is 3. The molecule has 2 heteroatoms. The third-order valence-corrected chi connectivity index (χ3v) is 8.51. The van der Waals surface area contributed by atoms with Crippen LogP contribution in [-0.2, 0) is 0 Å². The molecule has 0 amide bonds. The van der Waals surface area contributed by atoms with E-state index in [-0.39, 0.29) is 0 Å². The second-order valence-corrected chi connectivity index (χ2v) is 10.9. The van der Waals surface area contributed by atoms with Crippen molar-refractivity contribution in [2.24, 2.45) is 0 Å². The van der Waals surface area contributed by atoms with Crippen molar-refractivity contribution in [2.45, 2.75) is 0 Å². The van der Waals surface area contributed by atoms with Gasteiger partial charge in [0.05, 0.1) is 27.9 Å². The predicted molar refractivity (Wildman–Crippen MR) is 176 cm³/mol. The standard InChI is InChI=1S/C40H24N2/c1-3-10-27(11-4-1)29-18-21-31(22-19-29)41-37-16-8-7-14-33(37)35-25-36-34-15-9-17-38(34)42(40(36)26-39(35)41)32-23-20-30(24-32)28-12-5-2-6-13-28/h1-8,10-23,25-26H. The van der Waals surface area contributed by atoms with E-state index in [9.17, 15) is 0 Å². The van der Waals surface area contributed by atoms with Gasteiger partial charge < -0.3 is 9.13 Å². The monoisotopic (exact) mass is 532 g/mol. The number of para-hydroxylation sites is 1. The largest absolute Gasteiger partial charge is 0.309 e. The number of aromatic nitrogens is 2. The van der Waals surface area contributed by atoms with E-state index in [1.54, 1.807) is 0 Å². The molecule has 0 spiro atoms. The van der Waals surface area contributed by atoms with Gasteiger partial charge >= 0.3 is 0 Å². The Balaban J connectivity index is 1.30. The van der Waals surface area contributed by atoms with Gasteiger partial charge in [0, 0.05) is 39.1 Å². The van der Waals surface area contributed by atoms with Crippen LogP contribution < -0.4 is 0 Å². The van der Waals surface area contributed by atoms with Crippen molar-refractivity contribution in [1.82, 2.24) is 9.13 Å². The minimum absolute atomic E-state index is 1.04. The third kappa shape index (κ3) is 3.35. The van der Waals surface area contributed by atoms with Crippen LogP contribution in [-0.4, -0.2) is 9.13 Å². The quantitative estimate of drug-likeness (QED) is 0.200. The lowest BCUT2D eigenvalue weighted by atomic mass is 10.1. The highest BCUT2D eigenvalue weighted by Crippen LogP contribution is 2.41. The van der Waals surface area contributed by atoms with Gasteiger partial charge in [-0.25, -0.2) is 0 Å². The lowest BCUT2D eigenvalue weighted by molar-refractivity contribution is 1.15. The zero-order valence-corrected chi connectivity index (χ0v) is 22.8. The summed E-state index contributed by atoms with van der Waals surface area (Å²) >= 11 is 0. The molecule has 0 unspecified atom stereocenters. The van der Waals surface area contributed by atoms with Crippen molar-refractivity contribution >= 4 is 56.1 Å². The molecule has 0 aliphatic heterocycles. The number of fused-ring (bicyclic) bond motifs is 6. The van der Waals surface area contributed by atoms with Crippen LogP contribution in [0.25, 0.3) is 72.9 Å². The summed E-state index contributed by atoms with van der Waals surface area (Å²) in [7, 11) is 0. The van der Waals surface area contributed by atoms with Gasteiger partial charge in [0.2, 0.25) is 0 Å². The van der Waals surface area contributed by atoms with Gasteiger partial charge in [0.1, 0.15) is 0 Å². The SMILES string of the molecule is C1=Cc2c(n(C3=C=C(c4ccccc4)C=C3)c3cc4c(cc23)c2ccccc2n4-c2ccc(-c3ccccc3)cc2)C=1. The molecule has 5 aromatic carbocycles. The van der Waals surface area contributed by atoms with E-state index in [1.807, 2.05) is 0 Å². The molecule has 2 aromatic heterocycles. The first-order valence-electron chi connectivity index (χ1n) is 14.3. The van der Waals surface area contributed by atoms with Crippen LogP contribution in [0.3, 0.4) is 0 Å². The topological polar surface area (TPSA) is 9.86 Å². The van der Waals surface area contributed by atoms with Crippen molar-refractivity contribution in [3.05, 3.63) is 162 Å². The van der Waals surface area contributed by atoms with Gasteiger partial charge in [-0.15, -0.1) is 5.73 Å². The van der Waals surface area contributed by atoms with Crippen molar-refractivity contribution in [3.8, 4) is 16.8 Å². The Bertz CT molecular complexity index is 2380. The van der Waals surface area contributed by atoms with E-state index in [0.717, 1.165) is 22.7 Å². The predicted octanol–water partition coefficient (Wildman–Crippen LogP) is 10.1. The van der Waals surface area contributed by atoms with Crippen molar-refractivity contribution in [2.75, 3.05) is 0 Å². The zero-order chi connectivity index (χ0) is 27.6. The Labute approximate surface area is 243 Å².